The highest BCUT2D eigenvalue weighted by atomic mass is 32.1. The first-order valence-corrected chi connectivity index (χ1v) is 8.69. The van der Waals surface area contributed by atoms with Gasteiger partial charge in [0.05, 0.1) is 0 Å². The summed E-state index contributed by atoms with van der Waals surface area (Å²) in [5, 5.41) is 7.81. The average molecular weight is 324 g/mol. The van der Waals surface area contributed by atoms with E-state index in [0.717, 1.165) is 17.7 Å². The molecule has 1 fully saturated rings. The van der Waals surface area contributed by atoms with Crippen LogP contribution >= 0.6 is 11.3 Å². The standard InChI is InChI=1S/C16H24N2O3S/c1-21-13(14-7-4-10-22-14)11-17-15(19)8-9-16(20)18-12-5-2-3-6-12/h4,7,10,12-13H,2-3,5-6,8-9,11H2,1H3,(H,17,19)(H,18,20). The molecule has 22 heavy (non-hydrogen) atoms. The van der Waals surface area contributed by atoms with Crippen molar-refractivity contribution in [1.82, 2.24) is 10.6 Å². The summed E-state index contributed by atoms with van der Waals surface area (Å²) in [5.41, 5.74) is 0. The number of carbonyl (C=O) groups excluding carboxylic acids is 2. The summed E-state index contributed by atoms with van der Waals surface area (Å²) in [4.78, 5) is 24.7. The predicted octanol–water partition coefficient (Wildman–Crippen LogP) is 2.39. The van der Waals surface area contributed by atoms with E-state index in [1.807, 2.05) is 17.5 Å². The van der Waals surface area contributed by atoms with Gasteiger partial charge < -0.3 is 15.4 Å². The highest BCUT2D eigenvalue weighted by Gasteiger charge is 2.18. The molecule has 1 saturated carbocycles. The molecule has 2 N–H and O–H groups in total. The van der Waals surface area contributed by atoms with E-state index >= 15 is 0 Å². The van der Waals surface area contributed by atoms with Crippen LogP contribution in [0.2, 0.25) is 0 Å². The molecule has 1 aliphatic rings. The third-order valence-electron chi connectivity index (χ3n) is 3.93. The fourth-order valence-electron chi connectivity index (χ4n) is 2.67. The van der Waals surface area contributed by atoms with Crippen LogP contribution in [0.4, 0.5) is 0 Å². The van der Waals surface area contributed by atoms with Crippen LogP contribution in [0.25, 0.3) is 0 Å². The maximum Gasteiger partial charge on any atom is 0.220 e. The minimum absolute atomic E-state index is 0.0244. The van der Waals surface area contributed by atoms with Crippen LogP contribution in [0, 0.1) is 0 Å². The fourth-order valence-corrected chi connectivity index (χ4v) is 3.47. The van der Waals surface area contributed by atoms with E-state index in [2.05, 4.69) is 10.6 Å². The van der Waals surface area contributed by atoms with Crippen LogP contribution < -0.4 is 10.6 Å². The lowest BCUT2D eigenvalue weighted by molar-refractivity contribution is -0.127. The Morgan fingerprint density at radius 1 is 1.32 bits per heavy atom. The van der Waals surface area contributed by atoms with Crippen molar-refractivity contribution in [3.8, 4) is 0 Å². The molecule has 5 nitrogen and oxygen atoms in total. The van der Waals surface area contributed by atoms with Gasteiger partial charge in [-0.3, -0.25) is 9.59 Å². The van der Waals surface area contributed by atoms with Gasteiger partial charge in [0.1, 0.15) is 6.10 Å². The number of thiophene rings is 1. The molecule has 122 valence electrons. The third-order valence-corrected chi connectivity index (χ3v) is 4.89. The second kappa shape index (κ2) is 8.90. The lowest BCUT2D eigenvalue weighted by Gasteiger charge is -2.15. The summed E-state index contributed by atoms with van der Waals surface area (Å²) in [6, 6.07) is 4.26. The molecule has 1 atom stereocenters. The number of hydrogen-bond donors (Lipinski definition) is 2. The molecule has 1 aromatic heterocycles. The molecule has 6 heteroatoms. The molecule has 0 spiro atoms. The average Bonchev–Trinajstić information content (AvgIpc) is 3.19. The Kier molecular flexibility index (Phi) is 6.86. The SMILES string of the molecule is COC(CNC(=O)CCC(=O)NC1CCCC1)c1cccs1. The van der Waals surface area contributed by atoms with E-state index in [-0.39, 0.29) is 30.8 Å². The summed E-state index contributed by atoms with van der Waals surface area (Å²) in [7, 11) is 1.63. The topological polar surface area (TPSA) is 67.4 Å². The molecule has 0 radical (unpaired) electrons. The van der Waals surface area contributed by atoms with E-state index in [1.165, 1.54) is 12.8 Å². The number of nitrogens with one attached hydrogen (secondary N) is 2. The van der Waals surface area contributed by atoms with E-state index in [4.69, 9.17) is 4.74 Å². The quantitative estimate of drug-likeness (QED) is 0.771. The third kappa shape index (κ3) is 5.42. The fraction of sp³-hybridized carbons (Fsp3) is 0.625. The Morgan fingerprint density at radius 2 is 2.05 bits per heavy atom. The van der Waals surface area contributed by atoms with Crippen molar-refractivity contribution in [2.24, 2.45) is 0 Å². The Labute approximate surface area is 135 Å². The van der Waals surface area contributed by atoms with E-state index < -0.39 is 0 Å². The van der Waals surface area contributed by atoms with Crippen LogP contribution in [0.5, 0.6) is 0 Å². The zero-order valence-electron chi connectivity index (χ0n) is 13.0. The van der Waals surface area contributed by atoms with E-state index in [0.29, 0.717) is 12.6 Å². The molecule has 1 aromatic rings. The normalized spacial score (nSPS) is 16.4. The second-order valence-electron chi connectivity index (χ2n) is 5.59. The smallest absolute Gasteiger partial charge is 0.220 e. The van der Waals surface area contributed by atoms with Gasteiger partial charge in [-0.1, -0.05) is 18.9 Å². The first-order valence-electron chi connectivity index (χ1n) is 7.81. The molecule has 0 aromatic carbocycles. The lowest BCUT2D eigenvalue weighted by atomic mass is 10.2. The summed E-state index contributed by atoms with van der Waals surface area (Å²) in [5.74, 6) is -0.135. The molecular formula is C16H24N2O3S. The number of carbonyl (C=O) groups is 2. The number of amides is 2. The van der Waals surface area contributed by atoms with Gasteiger partial charge in [0, 0.05) is 37.4 Å². The zero-order chi connectivity index (χ0) is 15.8. The first-order chi connectivity index (χ1) is 10.7. The van der Waals surface area contributed by atoms with Crippen LogP contribution in [0.1, 0.15) is 49.5 Å². The highest BCUT2D eigenvalue weighted by molar-refractivity contribution is 7.10. The molecule has 0 saturated heterocycles. The van der Waals surface area contributed by atoms with Gasteiger partial charge in [-0.15, -0.1) is 11.3 Å². The van der Waals surface area contributed by atoms with Gasteiger partial charge in [0.15, 0.2) is 0 Å². The molecule has 1 heterocycles. The van der Waals surface area contributed by atoms with Gasteiger partial charge in [-0.05, 0) is 24.3 Å². The van der Waals surface area contributed by atoms with Crippen LogP contribution in [-0.2, 0) is 14.3 Å². The molecular weight excluding hydrogens is 300 g/mol. The van der Waals surface area contributed by atoms with Gasteiger partial charge >= 0.3 is 0 Å². The van der Waals surface area contributed by atoms with E-state index in [1.54, 1.807) is 18.4 Å². The molecule has 0 bridgehead atoms. The van der Waals surface area contributed by atoms with Gasteiger partial charge in [0.25, 0.3) is 0 Å². The summed E-state index contributed by atoms with van der Waals surface area (Å²) < 4.78 is 5.38. The lowest BCUT2D eigenvalue weighted by Crippen LogP contribution is -2.34. The minimum atomic E-state index is -0.128. The zero-order valence-corrected chi connectivity index (χ0v) is 13.8. The van der Waals surface area contributed by atoms with Crippen molar-refractivity contribution in [2.75, 3.05) is 13.7 Å². The maximum absolute atomic E-state index is 11.8. The van der Waals surface area contributed by atoms with Crippen molar-refractivity contribution in [1.29, 1.82) is 0 Å². The molecule has 2 amide bonds. The van der Waals surface area contributed by atoms with Gasteiger partial charge in [0.2, 0.25) is 11.8 Å². The number of rotatable bonds is 8. The van der Waals surface area contributed by atoms with Crippen molar-refractivity contribution < 1.29 is 14.3 Å². The summed E-state index contributed by atoms with van der Waals surface area (Å²) >= 11 is 1.60. The van der Waals surface area contributed by atoms with Crippen LogP contribution in [-0.4, -0.2) is 31.5 Å². The maximum atomic E-state index is 11.8. The van der Waals surface area contributed by atoms with Gasteiger partial charge in [-0.2, -0.15) is 0 Å². The van der Waals surface area contributed by atoms with Crippen molar-refractivity contribution in [3.05, 3.63) is 22.4 Å². The van der Waals surface area contributed by atoms with E-state index in [9.17, 15) is 9.59 Å². The number of ether oxygens (including phenoxy) is 1. The molecule has 1 aliphatic carbocycles. The number of hydrogen-bond acceptors (Lipinski definition) is 4. The Hall–Kier alpha value is -1.40. The van der Waals surface area contributed by atoms with Crippen molar-refractivity contribution in [3.63, 3.8) is 0 Å². The van der Waals surface area contributed by atoms with Crippen LogP contribution in [0.3, 0.4) is 0 Å². The van der Waals surface area contributed by atoms with Crippen molar-refractivity contribution in [2.45, 2.75) is 50.7 Å². The summed E-state index contributed by atoms with van der Waals surface area (Å²) in [6.07, 6.45) is 4.84. The summed E-state index contributed by atoms with van der Waals surface area (Å²) in [6.45, 7) is 0.431. The Morgan fingerprint density at radius 3 is 2.68 bits per heavy atom. The van der Waals surface area contributed by atoms with Crippen molar-refractivity contribution >= 4 is 23.2 Å². The minimum Gasteiger partial charge on any atom is -0.374 e. The second-order valence-corrected chi connectivity index (χ2v) is 6.57. The van der Waals surface area contributed by atoms with Gasteiger partial charge in [-0.25, -0.2) is 0 Å². The van der Waals surface area contributed by atoms with Crippen LogP contribution in [0.15, 0.2) is 17.5 Å². The molecule has 2 rings (SSSR count). The Bertz CT molecular complexity index is 470. The number of methoxy groups -OCH3 is 1. The molecule has 1 unspecified atom stereocenters. The largest absolute Gasteiger partial charge is 0.374 e. The Balaban J connectivity index is 1.63. The highest BCUT2D eigenvalue weighted by Crippen LogP contribution is 2.21. The molecule has 0 aliphatic heterocycles. The monoisotopic (exact) mass is 324 g/mol. The predicted molar refractivity (Wildman–Crippen MR) is 86.7 cm³/mol. The first kappa shape index (κ1) is 17.0.